The lowest BCUT2D eigenvalue weighted by Crippen LogP contribution is -2.22. The number of aromatic nitrogens is 2. The van der Waals surface area contributed by atoms with Crippen LogP contribution in [0.4, 0.5) is 0 Å². The predicted octanol–water partition coefficient (Wildman–Crippen LogP) is 5.86. The average Bonchev–Trinajstić information content (AvgIpc) is 2.71. The molecule has 1 heterocycles. The van der Waals surface area contributed by atoms with Gasteiger partial charge in [0.05, 0.1) is 16.6 Å². The number of fused-ring (bicyclic) bond motifs is 1. The fourth-order valence-electron chi connectivity index (χ4n) is 3.23. The summed E-state index contributed by atoms with van der Waals surface area (Å²) in [5, 5.41) is 1.52. The summed E-state index contributed by atoms with van der Waals surface area (Å²) in [6.45, 7) is 6.29. The number of aryl methyl sites for hydroxylation is 2. The Morgan fingerprint density at radius 3 is 2.36 bits per heavy atom. The fraction of sp³-hybridized carbons (Fsp3) is 0.167. The van der Waals surface area contributed by atoms with Gasteiger partial charge in [-0.05, 0) is 61.7 Å². The Labute approximate surface area is 169 Å². The lowest BCUT2D eigenvalue weighted by molar-refractivity contribution is 0.814. The van der Waals surface area contributed by atoms with Crippen LogP contribution in [-0.2, 0) is 0 Å². The van der Waals surface area contributed by atoms with Crippen LogP contribution in [0.3, 0.4) is 0 Å². The van der Waals surface area contributed by atoms with Gasteiger partial charge < -0.3 is 0 Å². The molecule has 28 heavy (non-hydrogen) atoms. The van der Waals surface area contributed by atoms with Gasteiger partial charge in [-0.15, -0.1) is 0 Å². The highest BCUT2D eigenvalue weighted by atomic mass is 32.2. The molecule has 0 aliphatic heterocycles. The van der Waals surface area contributed by atoms with E-state index >= 15 is 0 Å². The molecule has 0 spiro atoms. The quantitative estimate of drug-likeness (QED) is 0.326. The molecule has 140 valence electrons. The van der Waals surface area contributed by atoms with Crippen LogP contribution >= 0.6 is 11.8 Å². The maximum Gasteiger partial charge on any atom is 0.266 e. The Kier molecular flexibility index (Phi) is 5.05. The van der Waals surface area contributed by atoms with Crippen molar-refractivity contribution in [2.75, 3.05) is 0 Å². The minimum Gasteiger partial charge on any atom is -0.268 e. The Hall–Kier alpha value is -2.85. The van der Waals surface area contributed by atoms with Crippen molar-refractivity contribution in [3.05, 3.63) is 99.8 Å². The molecule has 3 nitrogen and oxygen atoms in total. The number of benzene rings is 3. The maximum atomic E-state index is 13.4. The molecule has 0 bridgehead atoms. The van der Waals surface area contributed by atoms with E-state index in [4.69, 9.17) is 4.98 Å². The molecule has 4 heteroatoms. The molecular formula is C24H22N2OS. The molecule has 4 aromatic rings. The molecule has 0 saturated heterocycles. The van der Waals surface area contributed by atoms with E-state index in [1.165, 1.54) is 11.1 Å². The van der Waals surface area contributed by atoms with Gasteiger partial charge in [-0.1, -0.05) is 60.3 Å². The summed E-state index contributed by atoms with van der Waals surface area (Å²) in [6.07, 6.45) is 0. The molecule has 0 radical (unpaired) electrons. The van der Waals surface area contributed by atoms with E-state index in [-0.39, 0.29) is 10.8 Å². The minimum absolute atomic E-state index is 0.0309. The van der Waals surface area contributed by atoms with Crippen molar-refractivity contribution in [2.45, 2.75) is 31.2 Å². The van der Waals surface area contributed by atoms with Gasteiger partial charge in [0.2, 0.25) is 0 Å². The highest BCUT2D eigenvalue weighted by molar-refractivity contribution is 7.99. The first-order valence-corrected chi connectivity index (χ1v) is 10.2. The van der Waals surface area contributed by atoms with Crippen LogP contribution in [0, 0.1) is 13.8 Å². The molecule has 0 aliphatic rings. The Balaban J connectivity index is 1.91. The van der Waals surface area contributed by atoms with Crippen LogP contribution in [0.1, 0.15) is 28.9 Å². The topological polar surface area (TPSA) is 34.9 Å². The Morgan fingerprint density at radius 1 is 0.893 bits per heavy atom. The lowest BCUT2D eigenvalue weighted by atomic mass is 10.1. The van der Waals surface area contributed by atoms with Gasteiger partial charge in [-0.3, -0.25) is 9.36 Å². The van der Waals surface area contributed by atoms with Crippen molar-refractivity contribution < 1.29 is 0 Å². The first kappa shape index (κ1) is 18.5. The van der Waals surface area contributed by atoms with Crippen molar-refractivity contribution in [3.63, 3.8) is 0 Å². The Bertz CT molecular complexity index is 1200. The van der Waals surface area contributed by atoms with Crippen LogP contribution in [0.2, 0.25) is 0 Å². The molecule has 1 aromatic heterocycles. The van der Waals surface area contributed by atoms with Crippen molar-refractivity contribution in [1.82, 2.24) is 9.55 Å². The fourth-order valence-corrected chi connectivity index (χ4v) is 4.29. The number of para-hydroxylation sites is 1. The van der Waals surface area contributed by atoms with E-state index in [1.54, 1.807) is 16.3 Å². The number of hydrogen-bond acceptors (Lipinski definition) is 3. The van der Waals surface area contributed by atoms with Gasteiger partial charge in [0, 0.05) is 5.25 Å². The molecule has 3 aromatic carbocycles. The maximum absolute atomic E-state index is 13.4. The van der Waals surface area contributed by atoms with Crippen LogP contribution < -0.4 is 5.56 Å². The van der Waals surface area contributed by atoms with Gasteiger partial charge in [-0.2, -0.15) is 0 Å². The van der Waals surface area contributed by atoms with E-state index in [1.807, 2.05) is 48.5 Å². The van der Waals surface area contributed by atoms with Crippen LogP contribution in [0.25, 0.3) is 16.6 Å². The van der Waals surface area contributed by atoms with Gasteiger partial charge in [0.15, 0.2) is 5.16 Å². The summed E-state index contributed by atoms with van der Waals surface area (Å²) in [6, 6.07) is 24.0. The monoisotopic (exact) mass is 386 g/mol. The highest BCUT2D eigenvalue weighted by Crippen LogP contribution is 2.34. The first-order chi connectivity index (χ1) is 13.5. The number of hydrogen-bond donors (Lipinski definition) is 0. The van der Waals surface area contributed by atoms with Crippen molar-refractivity contribution in [2.24, 2.45) is 0 Å². The summed E-state index contributed by atoms with van der Waals surface area (Å²) in [5.74, 6) is 0. The molecular weight excluding hydrogens is 364 g/mol. The first-order valence-electron chi connectivity index (χ1n) is 9.35. The number of thioether (sulfide) groups is 1. The second-order valence-electron chi connectivity index (χ2n) is 6.99. The summed E-state index contributed by atoms with van der Waals surface area (Å²) in [7, 11) is 0. The van der Waals surface area contributed by atoms with E-state index in [0.29, 0.717) is 10.5 Å². The third kappa shape index (κ3) is 3.48. The van der Waals surface area contributed by atoms with Gasteiger partial charge in [0.1, 0.15) is 0 Å². The lowest BCUT2D eigenvalue weighted by Gasteiger charge is -2.17. The predicted molar refractivity (Wildman–Crippen MR) is 118 cm³/mol. The smallest absolute Gasteiger partial charge is 0.266 e. The Morgan fingerprint density at radius 2 is 1.61 bits per heavy atom. The normalized spacial score (nSPS) is 12.2. The van der Waals surface area contributed by atoms with Crippen molar-refractivity contribution in [3.8, 4) is 5.69 Å². The molecule has 0 N–H and O–H groups in total. The van der Waals surface area contributed by atoms with Crippen LogP contribution in [0.15, 0.2) is 82.7 Å². The summed E-state index contributed by atoms with van der Waals surface area (Å²) in [5.41, 5.74) is 5.13. The van der Waals surface area contributed by atoms with Crippen LogP contribution in [0.5, 0.6) is 0 Å². The molecule has 0 saturated carbocycles. The van der Waals surface area contributed by atoms with E-state index < -0.39 is 0 Å². The third-order valence-electron chi connectivity index (χ3n) is 5.04. The van der Waals surface area contributed by atoms with Crippen molar-refractivity contribution >= 4 is 22.7 Å². The molecule has 4 rings (SSSR count). The van der Waals surface area contributed by atoms with Gasteiger partial charge in [0.25, 0.3) is 5.56 Å². The molecule has 0 amide bonds. The summed E-state index contributed by atoms with van der Waals surface area (Å²) in [4.78, 5) is 18.2. The largest absolute Gasteiger partial charge is 0.268 e. The average molecular weight is 387 g/mol. The number of nitrogens with zero attached hydrogens (tertiary/aromatic N) is 2. The van der Waals surface area contributed by atoms with E-state index in [9.17, 15) is 4.79 Å². The zero-order valence-electron chi connectivity index (χ0n) is 16.2. The summed E-state index contributed by atoms with van der Waals surface area (Å²) < 4.78 is 1.75. The van der Waals surface area contributed by atoms with Gasteiger partial charge in [-0.25, -0.2) is 4.98 Å². The molecule has 0 aliphatic carbocycles. The molecule has 0 fully saturated rings. The van der Waals surface area contributed by atoms with Crippen LogP contribution in [-0.4, -0.2) is 9.55 Å². The number of rotatable bonds is 4. The van der Waals surface area contributed by atoms with E-state index in [0.717, 1.165) is 16.8 Å². The highest BCUT2D eigenvalue weighted by Gasteiger charge is 2.17. The van der Waals surface area contributed by atoms with E-state index in [2.05, 4.69) is 45.0 Å². The molecule has 1 unspecified atom stereocenters. The standard InChI is InChI=1S/C24H22N2OS/c1-16-13-14-20(15-17(16)2)26-23(27)21-11-7-8-12-22(21)25-24(26)28-18(3)19-9-5-4-6-10-19/h4-15,18H,1-3H3. The SMILES string of the molecule is Cc1ccc(-n2c(SC(C)c3ccccc3)nc3ccccc3c2=O)cc1C. The van der Waals surface area contributed by atoms with Gasteiger partial charge >= 0.3 is 0 Å². The second kappa shape index (κ2) is 7.64. The zero-order chi connectivity index (χ0) is 19.7. The summed E-state index contributed by atoms with van der Waals surface area (Å²) >= 11 is 1.61. The minimum atomic E-state index is -0.0309. The second-order valence-corrected chi connectivity index (χ2v) is 8.30. The zero-order valence-corrected chi connectivity index (χ0v) is 17.0. The third-order valence-corrected chi connectivity index (χ3v) is 6.16. The molecule has 1 atom stereocenters. The van der Waals surface area contributed by atoms with Crippen molar-refractivity contribution in [1.29, 1.82) is 0 Å².